The van der Waals surface area contributed by atoms with Crippen LogP contribution in [0.15, 0.2) is 47.4 Å². The van der Waals surface area contributed by atoms with Gasteiger partial charge in [-0.2, -0.15) is 0 Å². The van der Waals surface area contributed by atoms with Crippen LogP contribution in [-0.4, -0.2) is 32.3 Å². The lowest BCUT2D eigenvalue weighted by Gasteiger charge is -2.15. The zero-order valence-corrected chi connectivity index (χ0v) is 15.5. The molecule has 1 aliphatic rings. The van der Waals surface area contributed by atoms with Gasteiger partial charge in [0.15, 0.2) is 0 Å². The van der Waals surface area contributed by atoms with E-state index in [9.17, 15) is 13.2 Å². The Labute approximate surface area is 156 Å². The number of benzene rings is 2. The van der Waals surface area contributed by atoms with Crippen molar-refractivity contribution in [2.24, 2.45) is 0 Å². The van der Waals surface area contributed by atoms with Crippen LogP contribution < -0.4 is 4.72 Å². The predicted octanol–water partition coefficient (Wildman–Crippen LogP) is 4.03. The molecule has 0 aromatic heterocycles. The highest BCUT2D eigenvalue weighted by atomic mass is 35.5. The number of anilines is 1. The quantitative estimate of drug-likeness (QED) is 0.844. The monoisotopic (exact) mass is 398 g/mol. The highest BCUT2D eigenvalue weighted by Gasteiger charge is 2.21. The average Bonchev–Trinajstić information content (AvgIpc) is 3.12. The fourth-order valence-electron chi connectivity index (χ4n) is 2.66. The Kier molecular flexibility index (Phi) is 5.22. The first kappa shape index (κ1) is 18.0. The largest absolute Gasteiger partial charge is 0.339 e. The van der Waals surface area contributed by atoms with Gasteiger partial charge < -0.3 is 4.90 Å². The fraction of sp³-hybridized carbons (Fsp3) is 0.235. The van der Waals surface area contributed by atoms with E-state index in [1.807, 2.05) is 0 Å². The van der Waals surface area contributed by atoms with Gasteiger partial charge in [-0.05, 0) is 55.3 Å². The number of carbonyl (C=O) groups excluding carboxylic acids is 1. The highest BCUT2D eigenvalue weighted by molar-refractivity contribution is 7.92. The lowest BCUT2D eigenvalue weighted by molar-refractivity contribution is 0.0792. The Morgan fingerprint density at radius 1 is 1.00 bits per heavy atom. The number of hydrogen-bond acceptors (Lipinski definition) is 3. The van der Waals surface area contributed by atoms with Crippen molar-refractivity contribution < 1.29 is 13.2 Å². The van der Waals surface area contributed by atoms with Crippen molar-refractivity contribution in [1.29, 1.82) is 0 Å². The summed E-state index contributed by atoms with van der Waals surface area (Å²) in [5.41, 5.74) is 0.674. The van der Waals surface area contributed by atoms with E-state index in [0.717, 1.165) is 25.9 Å². The van der Waals surface area contributed by atoms with Gasteiger partial charge in [0.05, 0.1) is 15.6 Å². The van der Waals surface area contributed by atoms with E-state index in [1.54, 1.807) is 11.0 Å². The molecule has 1 heterocycles. The van der Waals surface area contributed by atoms with Crippen LogP contribution in [0.2, 0.25) is 10.0 Å². The lowest BCUT2D eigenvalue weighted by Crippen LogP contribution is -2.27. The normalized spacial score (nSPS) is 14.6. The Morgan fingerprint density at radius 2 is 1.64 bits per heavy atom. The predicted molar refractivity (Wildman–Crippen MR) is 98.9 cm³/mol. The molecule has 1 amide bonds. The molecule has 1 fully saturated rings. The summed E-state index contributed by atoms with van der Waals surface area (Å²) in [4.78, 5) is 14.1. The molecule has 2 aromatic carbocycles. The van der Waals surface area contributed by atoms with E-state index >= 15 is 0 Å². The SMILES string of the molecule is O=C(c1ccc(S(=O)(=O)Nc2cc(Cl)ccc2Cl)cc1)N1CCCC1. The van der Waals surface area contributed by atoms with Gasteiger partial charge >= 0.3 is 0 Å². The molecule has 1 saturated heterocycles. The van der Waals surface area contributed by atoms with Gasteiger partial charge in [-0.15, -0.1) is 0 Å². The molecule has 25 heavy (non-hydrogen) atoms. The van der Waals surface area contributed by atoms with Crippen molar-refractivity contribution in [3.63, 3.8) is 0 Å². The zero-order valence-electron chi connectivity index (χ0n) is 13.2. The lowest BCUT2D eigenvalue weighted by atomic mass is 10.2. The van der Waals surface area contributed by atoms with E-state index in [0.29, 0.717) is 10.6 Å². The smallest absolute Gasteiger partial charge is 0.261 e. The topological polar surface area (TPSA) is 66.5 Å². The third-order valence-corrected chi connectivity index (χ3v) is 5.92. The molecule has 3 rings (SSSR count). The van der Waals surface area contributed by atoms with Gasteiger partial charge in [-0.1, -0.05) is 23.2 Å². The summed E-state index contributed by atoms with van der Waals surface area (Å²) in [5, 5.41) is 0.613. The summed E-state index contributed by atoms with van der Waals surface area (Å²) in [6.45, 7) is 1.49. The summed E-state index contributed by atoms with van der Waals surface area (Å²) >= 11 is 11.9. The molecule has 0 aliphatic carbocycles. The molecule has 0 unspecified atom stereocenters. The minimum Gasteiger partial charge on any atom is -0.339 e. The Hall–Kier alpha value is -1.76. The summed E-state index contributed by atoms with van der Waals surface area (Å²) < 4.78 is 27.4. The third kappa shape index (κ3) is 4.08. The standard InChI is InChI=1S/C17H16Cl2N2O3S/c18-13-5-8-15(19)16(11-13)20-25(23,24)14-6-3-12(4-7-14)17(22)21-9-1-2-10-21/h3-8,11,20H,1-2,9-10H2. The van der Waals surface area contributed by atoms with Gasteiger partial charge in [0.25, 0.3) is 15.9 Å². The number of halogens is 2. The molecule has 0 spiro atoms. The molecule has 132 valence electrons. The van der Waals surface area contributed by atoms with E-state index in [-0.39, 0.29) is 21.5 Å². The number of sulfonamides is 1. The van der Waals surface area contributed by atoms with Crippen LogP contribution in [0.5, 0.6) is 0 Å². The zero-order chi connectivity index (χ0) is 18.0. The fourth-order valence-corrected chi connectivity index (χ4v) is 4.12. The van der Waals surface area contributed by atoms with Crippen molar-refractivity contribution in [3.8, 4) is 0 Å². The number of nitrogens with one attached hydrogen (secondary N) is 1. The number of carbonyl (C=O) groups is 1. The van der Waals surface area contributed by atoms with Crippen LogP contribution in [0.4, 0.5) is 5.69 Å². The molecule has 1 N–H and O–H groups in total. The van der Waals surface area contributed by atoms with Crippen molar-refractivity contribution in [2.75, 3.05) is 17.8 Å². The molecule has 5 nitrogen and oxygen atoms in total. The minimum atomic E-state index is -3.83. The molecular weight excluding hydrogens is 383 g/mol. The number of hydrogen-bond donors (Lipinski definition) is 1. The van der Waals surface area contributed by atoms with Gasteiger partial charge in [0.1, 0.15) is 0 Å². The van der Waals surface area contributed by atoms with Gasteiger partial charge in [-0.25, -0.2) is 8.42 Å². The second-order valence-electron chi connectivity index (χ2n) is 5.75. The number of rotatable bonds is 4. The maximum atomic E-state index is 12.5. The first-order valence-electron chi connectivity index (χ1n) is 7.74. The van der Waals surface area contributed by atoms with E-state index in [2.05, 4.69) is 4.72 Å². The minimum absolute atomic E-state index is 0.0431. The third-order valence-electron chi connectivity index (χ3n) is 3.98. The Balaban J connectivity index is 1.80. The van der Waals surface area contributed by atoms with Crippen molar-refractivity contribution in [3.05, 3.63) is 58.1 Å². The molecule has 0 atom stereocenters. The first-order chi connectivity index (χ1) is 11.9. The van der Waals surface area contributed by atoms with E-state index < -0.39 is 10.0 Å². The van der Waals surface area contributed by atoms with Crippen LogP contribution in [0.3, 0.4) is 0 Å². The van der Waals surface area contributed by atoms with E-state index in [4.69, 9.17) is 23.2 Å². The van der Waals surface area contributed by atoms with Gasteiger partial charge in [0, 0.05) is 23.7 Å². The van der Waals surface area contributed by atoms with Crippen molar-refractivity contribution in [2.45, 2.75) is 17.7 Å². The van der Waals surface area contributed by atoms with Crippen molar-refractivity contribution in [1.82, 2.24) is 4.90 Å². The van der Waals surface area contributed by atoms with Crippen LogP contribution in [-0.2, 0) is 10.0 Å². The van der Waals surface area contributed by atoms with E-state index in [1.165, 1.54) is 36.4 Å². The summed E-state index contributed by atoms with van der Waals surface area (Å²) in [6.07, 6.45) is 2.00. The second-order valence-corrected chi connectivity index (χ2v) is 8.28. The van der Waals surface area contributed by atoms with Crippen LogP contribution in [0.25, 0.3) is 0 Å². The maximum absolute atomic E-state index is 12.5. The summed E-state index contributed by atoms with van der Waals surface area (Å²) in [7, 11) is -3.83. The van der Waals surface area contributed by atoms with Crippen LogP contribution in [0, 0.1) is 0 Å². The molecule has 2 aromatic rings. The maximum Gasteiger partial charge on any atom is 0.261 e. The molecule has 0 saturated carbocycles. The molecular formula is C17H16Cl2N2O3S. The Bertz CT molecular complexity index is 893. The molecule has 8 heteroatoms. The van der Waals surface area contributed by atoms with Crippen LogP contribution >= 0.6 is 23.2 Å². The van der Waals surface area contributed by atoms with Crippen molar-refractivity contribution >= 4 is 44.8 Å². The summed E-state index contributed by atoms with van der Waals surface area (Å²) in [5.74, 6) is -0.0766. The highest BCUT2D eigenvalue weighted by Crippen LogP contribution is 2.28. The molecule has 0 bridgehead atoms. The number of nitrogens with zero attached hydrogens (tertiary/aromatic N) is 1. The first-order valence-corrected chi connectivity index (χ1v) is 9.98. The molecule has 1 aliphatic heterocycles. The van der Waals surface area contributed by atoms with Crippen LogP contribution in [0.1, 0.15) is 23.2 Å². The van der Waals surface area contributed by atoms with Gasteiger partial charge in [0.2, 0.25) is 0 Å². The number of likely N-dealkylation sites (tertiary alicyclic amines) is 1. The Morgan fingerprint density at radius 3 is 2.28 bits per heavy atom. The summed E-state index contributed by atoms with van der Waals surface area (Å²) in [6, 6.07) is 10.4. The van der Waals surface area contributed by atoms with Gasteiger partial charge in [-0.3, -0.25) is 9.52 Å². The second kappa shape index (κ2) is 7.23. The number of amides is 1. The molecule has 0 radical (unpaired) electrons. The average molecular weight is 399 g/mol.